The summed E-state index contributed by atoms with van der Waals surface area (Å²) in [5.74, 6) is -0.498. The molecule has 20 heavy (non-hydrogen) atoms. The standard InChI is InChI=1S/C15H24N2O3/c18-14(19)11-6-2-7-12(11)16-15(20)17-9-3-5-10-4-1-8-13(10)17/h10-13H,1-9H2,(H,16,20)(H,18,19). The maximum Gasteiger partial charge on any atom is 0.317 e. The predicted octanol–water partition coefficient (Wildman–Crippen LogP) is 2.21. The van der Waals surface area contributed by atoms with Gasteiger partial charge in [-0.2, -0.15) is 0 Å². The van der Waals surface area contributed by atoms with Crippen molar-refractivity contribution in [3.63, 3.8) is 0 Å². The van der Waals surface area contributed by atoms with Gasteiger partial charge in [-0.15, -0.1) is 0 Å². The maximum absolute atomic E-state index is 12.5. The van der Waals surface area contributed by atoms with Crippen molar-refractivity contribution in [1.82, 2.24) is 10.2 Å². The van der Waals surface area contributed by atoms with Crippen LogP contribution >= 0.6 is 0 Å². The summed E-state index contributed by atoms with van der Waals surface area (Å²) < 4.78 is 0. The van der Waals surface area contributed by atoms with Crippen LogP contribution < -0.4 is 5.32 Å². The number of likely N-dealkylation sites (tertiary alicyclic amines) is 1. The Morgan fingerprint density at radius 1 is 1.00 bits per heavy atom. The first-order valence-electron chi connectivity index (χ1n) is 7.97. The van der Waals surface area contributed by atoms with Crippen LogP contribution in [-0.4, -0.2) is 40.6 Å². The second kappa shape index (κ2) is 5.62. The van der Waals surface area contributed by atoms with Gasteiger partial charge in [0.05, 0.1) is 5.92 Å². The first kappa shape index (κ1) is 13.7. The highest BCUT2D eigenvalue weighted by Gasteiger charge is 2.40. The van der Waals surface area contributed by atoms with Gasteiger partial charge in [0.25, 0.3) is 0 Å². The minimum absolute atomic E-state index is 0.0280. The molecule has 0 spiro atoms. The van der Waals surface area contributed by atoms with E-state index in [-0.39, 0.29) is 12.1 Å². The van der Waals surface area contributed by atoms with Gasteiger partial charge in [-0.3, -0.25) is 4.79 Å². The van der Waals surface area contributed by atoms with Gasteiger partial charge in [0, 0.05) is 18.6 Å². The van der Waals surface area contributed by atoms with Crippen LogP contribution in [0, 0.1) is 11.8 Å². The fourth-order valence-electron chi connectivity index (χ4n) is 4.38. The molecule has 3 aliphatic rings. The van der Waals surface area contributed by atoms with Crippen molar-refractivity contribution >= 4 is 12.0 Å². The summed E-state index contributed by atoms with van der Waals surface area (Å²) in [5, 5.41) is 12.2. The number of piperidine rings is 1. The minimum atomic E-state index is -0.773. The molecule has 3 rings (SSSR count). The zero-order valence-electron chi connectivity index (χ0n) is 11.9. The number of urea groups is 1. The van der Waals surface area contributed by atoms with Gasteiger partial charge in [0.2, 0.25) is 0 Å². The van der Waals surface area contributed by atoms with Crippen molar-refractivity contribution in [2.45, 2.75) is 63.5 Å². The number of amides is 2. The van der Waals surface area contributed by atoms with Gasteiger partial charge < -0.3 is 15.3 Å². The summed E-state index contributed by atoms with van der Waals surface area (Å²) in [6.45, 7) is 0.831. The van der Waals surface area contributed by atoms with Gasteiger partial charge in [0.1, 0.15) is 0 Å². The lowest BCUT2D eigenvalue weighted by atomic mass is 9.92. The van der Waals surface area contributed by atoms with E-state index >= 15 is 0 Å². The van der Waals surface area contributed by atoms with Gasteiger partial charge in [-0.25, -0.2) is 4.79 Å². The number of carboxylic acid groups (broad SMARTS) is 1. The number of carbonyl (C=O) groups is 2. The highest BCUT2D eigenvalue weighted by Crippen LogP contribution is 2.37. The molecular weight excluding hydrogens is 256 g/mol. The smallest absolute Gasteiger partial charge is 0.317 e. The molecule has 0 aromatic carbocycles. The third kappa shape index (κ3) is 2.50. The summed E-state index contributed by atoms with van der Waals surface area (Å²) in [4.78, 5) is 25.7. The Hall–Kier alpha value is -1.26. The van der Waals surface area contributed by atoms with Crippen LogP contribution in [0.2, 0.25) is 0 Å². The number of hydrogen-bond donors (Lipinski definition) is 2. The van der Waals surface area contributed by atoms with Crippen LogP contribution in [0.3, 0.4) is 0 Å². The molecule has 4 atom stereocenters. The highest BCUT2D eigenvalue weighted by molar-refractivity contribution is 5.77. The van der Waals surface area contributed by atoms with E-state index in [0.717, 1.165) is 32.2 Å². The molecule has 1 saturated heterocycles. The predicted molar refractivity (Wildman–Crippen MR) is 74.4 cm³/mol. The Labute approximate surface area is 119 Å². The Morgan fingerprint density at radius 2 is 1.75 bits per heavy atom. The highest BCUT2D eigenvalue weighted by atomic mass is 16.4. The lowest BCUT2D eigenvalue weighted by Crippen LogP contribution is -2.53. The van der Waals surface area contributed by atoms with E-state index in [9.17, 15) is 14.7 Å². The average Bonchev–Trinajstić information content (AvgIpc) is 3.05. The molecule has 2 aliphatic carbocycles. The van der Waals surface area contributed by atoms with E-state index in [1.54, 1.807) is 0 Å². The molecule has 0 aromatic heterocycles. The van der Waals surface area contributed by atoms with Crippen LogP contribution in [0.1, 0.15) is 51.4 Å². The number of nitrogens with one attached hydrogen (secondary N) is 1. The van der Waals surface area contributed by atoms with Crippen molar-refractivity contribution < 1.29 is 14.7 Å². The molecule has 0 aromatic rings. The van der Waals surface area contributed by atoms with E-state index in [4.69, 9.17) is 0 Å². The molecule has 5 nitrogen and oxygen atoms in total. The molecule has 2 N–H and O–H groups in total. The number of carbonyl (C=O) groups excluding carboxylic acids is 1. The van der Waals surface area contributed by atoms with Gasteiger partial charge >= 0.3 is 12.0 Å². The molecule has 112 valence electrons. The fraction of sp³-hybridized carbons (Fsp3) is 0.867. The van der Waals surface area contributed by atoms with Crippen LogP contribution in [0.15, 0.2) is 0 Å². The summed E-state index contributed by atoms with van der Waals surface area (Å²) in [5.41, 5.74) is 0. The number of fused-ring (bicyclic) bond motifs is 1. The Balaban J connectivity index is 1.62. The lowest BCUT2D eigenvalue weighted by Gasteiger charge is -2.38. The molecule has 0 radical (unpaired) electrons. The molecule has 4 unspecified atom stereocenters. The van der Waals surface area contributed by atoms with Crippen LogP contribution in [-0.2, 0) is 4.79 Å². The molecule has 0 bridgehead atoms. The first-order chi connectivity index (χ1) is 9.66. The van der Waals surface area contributed by atoms with E-state index in [1.807, 2.05) is 4.90 Å². The number of carboxylic acids is 1. The van der Waals surface area contributed by atoms with Gasteiger partial charge in [0.15, 0.2) is 0 Å². The number of nitrogens with zero attached hydrogens (tertiary/aromatic N) is 1. The van der Waals surface area contributed by atoms with E-state index in [2.05, 4.69) is 5.32 Å². The summed E-state index contributed by atoms with van der Waals surface area (Å²) >= 11 is 0. The third-order valence-electron chi connectivity index (χ3n) is 5.40. The van der Waals surface area contributed by atoms with E-state index < -0.39 is 11.9 Å². The molecule has 3 fully saturated rings. The maximum atomic E-state index is 12.5. The Morgan fingerprint density at radius 3 is 2.55 bits per heavy atom. The molecular formula is C15H24N2O3. The molecule has 1 heterocycles. The molecule has 2 amide bonds. The first-order valence-corrected chi connectivity index (χ1v) is 7.97. The SMILES string of the molecule is O=C(O)C1CCCC1NC(=O)N1CCCC2CCCC21. The molecule has 5 heteroatoms. The van der Waals surface area contributed by atoms with Crippen LogP contribution in [0.25, 0.3) is 0 Å². The molecule has 2 saturated carbocycles. The third-order valence-corrected chi connectivity index (χ3v) is 5.40. The van der Waals surface area contributed by atoms with E-state index in [1.165, 1.54) is 19.3 Å². The normalized spacial score (nSPS) is 36.7. The monoisotopic (exact) mass is 280 g/mol. The van der Waals surface area contributed by atoms with Crippen molar-refractivity contribution in [3.8, 4) is 0 Å². The Bertz CT molecular complexity index is 399. The zero-order valence-corrected chi connectivity index (χ0v) is 11.9. The summed E-state index contributed by atoms with van der Waals surface area (Å²) in [7, 11) is 0. The van der Waals surface area contributed by atoms with Crippen molar-refractivity contribution in [1.29, 1.82) is 0 Å². The average molecular weight is 280 g/mol. The topological polar surface area (TPSA) is 69.6 Å². The zero-order chi connectivity index (χ0) is 14.1. The quantitative estimate of drug-likeness (QED) is 0.815. The van der Waals surface area contributed by atoms with E-state index in [0.29, 0.717) is 18.4 Å². The van der Waals surface area contributed by atoms with Crippen LogP contribution in [0.4, 0.5) is 4.79 Å². The fourth-order valence-corrected chi connectivity index (χ4v) is 4.38. The number of rotatable bonds is 2. The van der Waals surface area contributed by atoms with Gasteiger partial charge in [-0.05, 0) is 44.4 Å². The summed E-state index contributed by atoms with van der Waals surface area (Å²) in [6, 6.07) is 0.190. The molecule has 1 aliphatic heterocycles. The van der Waals surface area contributed by atoms with Crippen molar-refractivity contribution in [3.05, 3.63) is 0 Å². The minimum Gasteiger partial charge on any atom is -0.481 e. The van der Waals surface area contributed by atoms with Gasteiger partial charge in [-0.1, -0.05) is 12.8 Å². The Kier molecular flexibility index (Phi) is 3.85. The number of hydrogen-bond acceptors (Lipinski definition) is 2. The largest absolute Gasteiger partial charge is 0.481 e. The second-order valence-corrected chi connectivity index (χ2v) is 6.53. The van der Waals surface area contributed by atoms with Crippen LogP contribution in [0.5, 0.6) is 0 Å². The summed E-state index contributed by atoms with van der Waals surface area (Å²) in [6.07, 6.45) is 8.29. The second-order valence-electron chi connectivity index (χ2n) is 6.53. The lowest BCUT2D eigenvalue weighted by molar-refractivity contribution is -0.142. The van der Waals surface area contributed by atoms with Crippen molar-refractivity contribution in [2.24, 2.45) is 11.8 Å². The van der Waals surface area contributed by atoms with Crippen molar-refractivity contribution in [2.75, 3.05) is 6.54 Å². The number of aliphatic carboxylic acids is 1.